The van der Waals surface area contributed by atoms with Crippen LogP contribution in [-0.4, -0.2) is 62.3 Å². The van der Waals surface area contributed by atoms with Crippen LogP contribution in [0.1, 0.15) is 22.5 Å². The van der Waals surface area contributed by atoms with Crippen LogP contribution in [0.5, 0.6) is 11.5 Å². The molecule has 5 rings (SSSR count). The van der Waals surface area contributed by atoms with E-state index in [1.807, 2.05) is 42.5 Å². The molecule has 0 saturated carbocycles. The molecular formula is C25H28N4O4. The van der Waals surface area contributed by atoms with Crippen molar-refractivity contribution in [2.24, 2.45) is 0 Å². The Balaban J connectivity index is 1.09. The van der Waals surface area contributed by atoms with Gasteiger partial charge in [0.2, 0.25) is 0 Å². The lowest BCUT2D eigenvalue weighted by molar-refractivity contribution is 0.0940. The zero-order valence-corrected chi connectivity index (χ0v) is 18.8. The first kappa shape index (κ1) is 21.3. The molecule has 0 bridgehead atoms. The highest BCUT2D eigenvalue weighted by Crippen LogP contribution is 2.38. The number of carbonyl (C=O) groups is 1. The summed E-state index contributed by atoms with van der Waals surface area (Å²) in [6.07, 6.45) is 0.875. The molecule has 0 atom stereocenters. The number of carbonyl (C=O) groups excluding carboxylic acids is 1. The summed E-state index contributed by atoms with van der Waals surface area (Å²) in [7, 11) is 1.71. The number of anilines is 1. The number of para-hydroxylation sites is 3. The number of nitrogens with one attached hydrogen (secondary N) is 1. The summed E-state index contributed by atoms with van der Waals surface area (Å²) in [4.78, 5) is 17.5. The van der Waals surface area contributed by atoms with Gasteiger partial charge >= 0.3 is 0 Å². The number of hydrogen-bond donors (Lipinski definition) is 1. The molecule has 1 saturated heterocycles. The van der Waals surface area contributed by atoms with Crippen molar-refractivity contribution in [1.82, 2.24) is 15.4 Å². The van der Waals surface area contributed by atoms with Crippen molar-refractivity contribution in [3.05, 3.63) is 59.8 Å². The summed E-state index contributed by atoms with van der Waals surface area (Å²) >= 11 is 0. The highest BCUT2D eigenvalue weighted by Gasteiger charge is 2.28. The van der Waals surface area contributed by atoms with Gasteiger partial charge in [0.25, 0.3) is 5.91 Å². The van der Waals surface area contributed by atoms with E-state index in [1.165, 1.54) is 0 Å². The number of piperazine rings is 1. The monoisotopic (exact) mass is 448 g/mol. The quantitative estimate of drug-likeness (QED) is 0.556. The molecule has 172 valence electrons. The number of hydrogen-bond acceptors (Lipinski definition) is 7. The van der Waals surface area contributed by atoms with E-state index in [-0.39, 0.29) is 12.5 Å². The van der Waals surface area contributed by atoms with E-state index in [2.05, 4.69) is 26.3 Å². The highest BCUT2D eigenvalue weighted by molar-refractivity contribution is 5.95. The third-order valence-corrected chi connectivity index (χ3v) is 6.24. The SMILES string of the molecule is COc1ccccc1N1CCN(CCCNC(=O)c2noc3c2COc2ccccc2-3)CC1. The second-order valence-corrected chi connectivity index (χ2v) is 8.23. The third kappa shape index (κ3) is 4.39. The van der Waals surface area contributed by atoms with Gasteiger partial charge in [-0.1, -0.05) is 29.4 Å². The molecular weight excluding hydrogens is 420 g/mol. The molecule has 0 radical (unpaired) electrons. The summed E-state index contributed by atoms with van der Waals surface area (Å²) in [5.74, 6) is 2.07. The molecule has 8 heteroatoms. The van der Waals surface area contributed by atoms with Crippen LogP contribution < -0.4 is 19.7 Å². The van der Waals surface area contributed by atoms with Gasteiger partial charge in [-0.3, -0.25) is 9.69 Å². The van der Waals surface area contributed by atoms with Crippen LogP contribution in [0, 0.1) is 0 Å². The first-order valence-electron chi connectivity index (χ1n) is 11.3. The van der Waals surface area contributed by atoms with Gasteiger partial charge in [-0.25, -0.2) is 0 Å². The van der Waals surface area contributed by atoms with Crippen molar-refractivity contribution in [2.75, 3.05) is 51.3 Å². The van der Waals surface area contributed by atoms with Gasteiger partial charge in [-0.05, 0) is 37.2 Å². The molecule has 2 aliphatic heterocycles. The highest BCUT2D eigenvalue weighted by atomic mass is 16.5. The number of amides is 1. The fourth-order valence-corrected chi connectivity index (χ4v) is 4.45. The Morgan fingerprint density at radius 1 is 1.09 bits per heavy atom. The molecule has 0 spiro atoms. The zero-order chi connectivity index (χ0) is 22.6. The number of aromatic nitrogens is 1. The summed E-state index contributed by atoms with van der Waals surface area (Å²) in [6.45, 7) is 5.70. The van der Waals surface area contributed by atoms with Crippen molar-refractivity contribution in [3.63, 3.8) is 0 Å². The maximum absolute atomic E-state index is 12.7. The second kappa shape index (κ2) is 9.54. The van der Waals surface area contributed by atoms with Crippen LogP contribution in [0.25, 0.3) is 11.3 Å². The van der Waals surface area contributed by atoms with Gasteiger partial charge in [0.1, 0.15) is 18.1 Å². The van der Waals surface area contributed by atoms with Gasteiger partial charge < -0.3 is 24.2 Å². The summed E-state index contributed by atoms with van der Waals surface area (Å²) in [5.41, 5.74) is 3.00. The molecule has 1 N–H and O–H groups in total. The average molecular weight is 449 g/mol. The lowest BCUT2D eigenvalue weighted by Crippen LogP contribution is -2.47. The smallest absolute Gasteiger partial charge is 0.273 e. The maximum atomic E-state index is 12.7. The molecule has 8 nitrogen and oxygen atoms in total. The predicted molar refractivity (Wildman–Crippen MR) is 125 cm³/mol. The molecule has 2 aromatic carbocycles. The summed E-state index contributed by atoms with van der Waals surface area (Å²) in [6, 6.07) is 15.8. The number of rotatable bonds is 7. The fourth-order valence-electron chi connectivity index (χ4n) is 4.45. The van der Waals surface area contributed by atoms with Crippen molar-refractivity contribution in [2.45, 2.75) is 13.0 Å². The zero-order valence-electron chi connectivity index (χ0n) is 18.8. The first-order valence-corrected chi connectivity index (χ1v) is 11.3. The summed E-state index contributed by atoms with van der Waals surface area (Å²) in [5, 5.41) is 7.00. The molecule has 1 fully saturated rings. The van der Waals surface area contributed by atoms with Crippen molar-refractivity contribution >= 4 is 11.6 Å². The standard InChI is InChI=1S/C25H28N4O4/c1-31-22-10-5-3-8-20(22)29-15-13-28(14-16-29)12-6-11-26-25(30)23-19-17-32-21-9-4-2-7-18(21)24(19)33-27-23/h2-5,7-10H,6,11-17H2,1H3,(H,26,30). The molecule has 3 aromatic rings. The largest absolute Gasteiger partial charge is 0.495 e. The summed E-state index contributed by atoms with van der Waals surface area (Å²) < 4.78 is 16.7. The van der Waals surface area contributed by atoms with E-state index in [0.29, 0.717) is 23.6 Å². The van der Waals surface area contributed by atoms with Crippen LogP contribution in [-0.2, 0) is 6.61 Å². The Labute approximate surface area is 193 Å². The topological polar surface area (TPSA) is 80.1 Å². The van der Waals surface area contributed by atoms with Gasteiger partial charge in [0, 0.05) is 32.7 Å². The molecule has 33 heavy (non-hydrogen) atoms. The lowest BCUT2D eigenvalue weighted by atomic mass is 10.0. The molecule has 1 aromatic heterocycles. The number of methoxy groups -OCH3 is 1. The Morgan fingerprint density at radius 3 is 2.73 bits per heavy atom. The van der Waals surface area contributed by atoms with Crippen molar-refractivity contribution < 1.29 is 18.8 Å². The number of benzene rings is 2. The van der Waals surface area contributed by atoms with Gasteiger partial charge in [0.15, 0.2) is 11.5 Å². The van der Waals surface area contributed by atoms with E-state index in [0.717, 1.165) is 61.9 Å². The Bertz CT molecular complexity index is 1120. The maximum Gasteiger partial charge on any atom is 0.273 e. The Kier molecular flexibility index (Phi) is 6.17. The first-order chi connectivity index (χ1) is 16.2. The van der Waals surface area contributed by atoms with E-state index in [9.17, 15) is 4.79 Å². The van der Waals surface area contributed by atoms with Crippen LogP contribution in [0.3, 0.4) is 0 Å². The fraction of sp³-hybridized carbons (Fsp3) is 0.360. The molecule has 3 heterocycles. The number of fused-ring (bicyclic) bond motifs is 3. The van der Waals surface area contributed by atoms with E-state index >= 15 is 0 Å². The second-order valence-electron chi connectivity index (χ2n) is 8.23. The minimum absolute atomic E-state index is 0.219. The predicted octanol–water partition coefficient (Wildman–Crippen LogP) is 3.18. The van der Waals surface area contributed by atoms with Gasteiger partial charge in [0.05, 0.1) is 23.9 Å². The van der Waals surface area contributed by atoms with E-state index in [1.54, 1.807) is 7.11 Å². The average Bonchev–Trinajstić information content (AvgIpc) is 3.32. The Hall–Kier alpha value is -3.52. The molecule has 0 unspecified atom stereocenters. The molecule has 0 aliphatic carbocycles. The molecule has 1 amide bonds. The van der Waals surface area contributed by atoms with Gasteiger partial charge in [-0.15, -0.1) is 0 Å². The number of ether oxygens (including phenoxy) is 2. The van der Waals surface area contributed by atoms with Crippen LogP contribution in [0.15, 0.2) is 53.1 Å². The number of nitrogens with zero attached hydrogens (tertiary/aromatic N) is 3. The van der Waals surface area contributed by atoms with Crippen LogP contribution in [0.4, 0.5) is 5.69 Å². The van der Waals surface area contributed by atoms with Gasteiger partial charge in [-0.2, -0.15) is 0 Å². The van der Waals surface area contributed by atoms with Crippen molar-refractivity contribution in [3.8, 4) is 22.8 Å². The van der Waals surface area contributed by atoms with Crippen LogP contribution >= 0.6 is 0 Å². The van der Waals surface area contributed by atoms with Crippen LogP contribution in [0.2, 0.25) is 0 Å². The van der Waals surface area contributed by atoms with Crippen molar-refractivity contribution in [1.29, 1.82) is 0 Å². The lowest BCUT2D eigenvalue weighted by Gasteiger charge is -2.36. The normalized spacial score (nSPS) is 15.4. The minimum atomic E-state index is -0.219. The molecule has 2 aliphatic rings. The minimum Gasteiger partial charge on any atom is -0.495 e. The Morgan fingerprint density at radius 2 is 1.88 bits per heavy atom. The third-order valence-electron chi connectivity index (χ3n) is 6.24. The van der Waals surface area contributed by atoms with E-state index < -0.39 is 0 Å². The van der Waals surface area contributed by atoms with E-state index in [4.69, 9.17) is 14.0 Å².